The van der Waals surface area contributed by atoms with E-state index in [0.29, 0.717) is 12.1 Å². The molecule has 4 heterocycles. The minimum Gasteiger partial charge on any atom is -0.381 e. The SMILES string of the molecule is c1cncc(CN2CCC(N[C@@H]3CCOC4(CCOCC4)C3)CC2)c1. The fraction of sp³-hybridized carbons (Fsp3) is 0.750. The Bertz CT molecular complexity index is 519. The second-order valence-corrected chi connectivity index (χ2v) is 7.91. The summed E-state index contributed by atoms with van der Waals surface area (Å²) in [7, 11) is 0. The van der Waals surface area contributed by atoms with Gasteiger partial charge in [0.15, 0.2) is 0 Å². The molecule has 0 saturated carbocycles. The van der Waals surface area contributed by atoms with Crippen LogP contribution in [0.15, 0.2) is 24.5 Å². The van der Waals surface area contributed by atoms with Gasteiger partial charge < -0.3 is 14.8 Å². The van der Waals surface area contributed by atoms with Crippen molar-refractivity contribution >= 4 is 0 Å². The van der Waals surface area contributed by atoms with Crippen LogP contribution in [0, 0.1) is 0 Å². The Morgan fingerprint density at radius 2 is 1.96 bits per heavy atom. The summed E-state index contributed by atoms with van der Waals surface area (Å²) in [5, 5.41) is 3.95. The van der Waals surface area contributed by atoms with E-state index in [1.165, 1.54) is 31.5 Å². The van der Waals surface area contributed by atoms with Crippen molar-refractivity contribution in [1.82, 2.24) is 15.2 Å². The molecule has 1 N–H and O–H groups in total. The van der Waals surface area contributed by atoms with Crippen LogP contribution in [-0.4, -0.2) is 60.5 Å². The number of hydrogen-bond acceptors (Lipinski definition) is 5. The maximum atomic E-state index is 6.18. The van der Waals surface area contributed by atoms with Gasteiger partial charge in [-0.2, -0.15) is 0 Å². The lowest BCUT2D eigenvalue weighted by Gasteiger charge is -2.45. The largest absolute Gasteiger partial charge is 0.381 e. The van der Waals surface area contributed by atoms with Crippen LogP contribution in [0.2, 0.25) is 0 Å². The Morgan fingerprint density at radius 3 is 2.72 bits per heavy atom. The van der Waals surface area contributed by atoms with E-state index in [2.05, 4.69) is 21.3 Å². The van der Waals surface area contributed by atoms with E-state index in [9.17, 15) is 0 Å². The van der Waals surface area contributed by atoms with E-state index in [1.807, 2.05) is 18.5 Å². The fourth-order valence-corrected chi connectivity index (χ4v) is 4.60. The van der Waals surface area contributed by atoms with E-state index < -0.39 is 0 Å². The van der Waals surface area contributed by atoms with Gasteiger partial charge in [0.25, 0.3) is 0 Å². The number of likely N-dealkylation sites (tertiary alicyclic amines) is 1. The summed E-state index contributed by atoms with van der Waals surface area (Å²) < 4.78 is 11.7. The van der Waals surface area contributed by atoms with Gasteiger partial charge in [0.05, 0.1) is 5.60 Å². The highest BCUT2D eigenvalue weighted by Crippen LogP contribution is 2.34. The van der Waals surface area contributed by atoms with Crippen molar-refractivity contribution in [2.75, 3.05) is 32.9 Å². The summed E-state index contributed by atoms with van der Waals surface area (Å²) in [5.41, 5.74) is 1.41. The predicted octanol–water partition coefficient (Wildman–Crippen LogP) is 2.36. The number of nitrogens with one attached hydrogen (secondary N) is 1. The van der Waals surface area contributed by atoms with Gasteiger partial charge in [-0.25, -0.2) is 0 Å². The number of aromatic nitrogens is 1. The topological polar surface area (TPSA) is 46.6 Å². The lowest BCUT2D eigenvalue weighted by atomic mass is 9.83. The monoisotopic (exact) mass is 345 g/mol. The quantitative estimate of drug-likeness (QED) is 0.908. The molecule has 0 radical (unpaired) electrons. The van der Waals surface area contributed by atoms with Crippen LogP contribution in [-0.2, 0) is 16.0 Å². The molecule has 1 atom stereocenters. The first-order valence-electron chi connectivity index (χ1n) is 9.90. The van der Waals surface area contributed by atoms with Gasteiger partial charge in [0.2, 0.25) is 0 Å². The molecule has 0 amide bonds. The molecule has 3 aliphatic heterocycles. The van der Waals surface area contributed by atoms with Gasteiger partial charge >= 0.3 is 0 Å². The van der Waals surface area contributed by atoms with Crippen LogP contribution >= 0.6 is 0 Å². The Morgan fingerprint density at radius 1 is 1.12 bits per heavy atom. The number of ether oxygens (including phenoxy) is 2. The first kappa shape index (κ1) is 17.4. The fourth-order valence-electron chi connectivity index (χ4n) is 4.60. The average molecular weight is 345 g/mol. The summed E-state index contributed by atoms with van der Waals surface area (Å²) >= 11 is 0. The van der Waals surface area contributed by atoms with Crippen molar-refractivity contribution in [1.29, 1.82) is 0 Å². The summed E-state index contributed by atoms with van der Waals surface area (Å²) in [6, 6.07) is 5.47. The van der Waals surface area contributed by atoms with Gasteiger partial charge in [-0.1, -0.05) is 6.07 Å². The van der Waals surface area contributed by atoms with E-state index in [4.69, 9.17) is 9.47 Å². The normalized spacial score (nSPS) is 28.2. The predicted molar refractivity (Wildman–Crippen MR) is 97.4 cm³/mol. The minimum atomic E-state index is 0.0924. The summed E-state index contributed by atoms with van der Waals surface area (Å²) in [4.78, 5) is 6.78. The molecule has 1 aromatic heterocycles. The molecule has 1 spiro atoms. The zero-order valence-corrected chi connectivity index (χ0v) is 15.2. The van der Waals surface area contributed by atoms with Crippen molar-refractivity contribution in [3.8, 4) is 0 Å². The third-order valence-electron chi connectivity index (χ3n) is 6.08. The smallest absolute Gasteiger partial charge is 0.0741 e. The molecule has 1 aromatic rings. The van der Waals surface area contributed by atoms with E-state index in [1.54, 1.807) is 0 Å². The average Bonchev–Trinajstić information content (AvgIpc) is 2.65. The number of hydrogen-bond donors (Lipinski definition) is 1. The van der Waals surface area contributed by atoms with Crippen LogP contribution in [0.4, 0.5) is 0 Å². The molecule has 0 aliphatic carbocycles. The highest BCUT2D eigenvalue weighted by atomic mass is 16.5. The van der Waals surface area contributed by atoms with Crippen molar-refractivity contribution in [3.63, 3.8) is 0 Å². The molecular weight excluding hydrogens is 314 g/mol. The van der Waals surface area contributed by atoms with E-state index in [0.717, 1.165) is 52.0 Å². The zero-order valence-electron chi connectivity index (χ0n) is 15.2. The van der Waals surface area contributed by atoms with E-state index in [-0.39, 0.29) is 5.60 Å². The molecule has 0 aromatic carbocycles. The maximum Gasteiger partial charge on any atom is 0.0741 e. The van der Waals surface area contributed by atoms with Crippen molar-refractivity contribution in [2.45, 2.75) is 62.8 Å². The molecule has 25 heavy (non-hydrogen) atoms. The molecule has 0 bridgehead atoms. The molecule has 5 heteroatoms. The van der Waals surface area contributed by atoms with E-state index >= 15 is 0 Å². The van der Waals surface area contributed by atoms with Crippen molar-refractivity contribution in [3.05, 3.63) is 30.1 Å². The lowest BCUT2D eigenvalue weighted by molar-refractivity contribution is -0.141. The molecular formula is C20H31N3O2. The van der Waals surface area contributed by atoms with Gasteiger partial charge in [-0.05, 0) is 63.2 Å². The van der Waals surface area contributed by atoms with Gasteiger partial charge in [0.1, 0.15) is 0 Å². The third-order valence-corrected chi connectivity index (χ3v) is 6.08. The molecule has 4 rings (SSSR count). The molecule has 3 saturated heterocycles. The Kier molecular flexibility index (Phi) is 5.66. The molecule has 0 unspecified atom stereocenters. The molecule has 138 valence electrons. The highest BCUT2D eigenvalue weighted by Gasteiger charge is 2.39. The summed E-state index contributed by atoms with van der Waals surface area (Å²) in [6.45, 7) is 6.00. The number of pyridine rings is 1. The molecule has 3 aliphatic rings. The zero-order chi connectivity index (χ0) is 17.0. The molecule has 5 nitrogen and oxygen atoms in total. The minimum absolute atomic E-state index is 0.0924. The first-order valence-corrected chi connectivity index (χ1v) is 9.90. The van der Waals surface area contributed by atoms with Gasteiger partial charge in [-0.15, -0.1) is 0 Å². The van der Waals surface area contributed by atoms with Gasteiger partial charge in [0, 0.05) is 50.8 Å². The molecule has 3 fully saturated rings. The van der Waals surface area contributed by atoms with Crippen LogP contribution in [0.5, 0.6) is 0 Å². The second kappa shape index (κ2) is 8.12. The standard InChI is InChI=1S/C20H31N3O2/c1-2-17(15-21-8-1)16-23-9-3-18(4-10-23)22-19-5-11-25-20(14-19)6-12-24-13-7-20/h1-2,8,15,18-19,22H,3-7,9-14,16H2/t19-/m1/s1. The highest BCUT2D eigenvalue weighted by molar-refractivity contribution is 5.08. The first-order chi connectivity index (χ1) is 12.3. The van der Waals surface area contributed by atoms with Crippen LogP contribution in [0.25, 0.3) is 0 Å². The van der Waals surface area contributed by atoms with Crippen LogP contribution in [0.1, 0.15) is 44.1 Å². The van der Waals surface area contributed by atoms with Crippen LogP contribution < -0.4 is 5.32 Å². The van der Waals surface area contributed by atoms with Crippen molar-refractivity contribution in [2.24, 2.45) is 0 Å². The number of nitrogens with zero attached hydrogens (tertiary/aromatic N) is 2. The Balaban J connectivity index is 1.23. The van der Waals surface area contributed by atoms with Gasteiger partial charge in [-0.3, -0.25) is 9.88 Å². The van der Waals surface area contributed by atoms with Crippen LogP contribution in [0.3, 0.4) is 0 Å². The summed E-state index contributed by atoms with van der Waals surface area (Å²) in [6.07, 6.45) is 10.8. The Hall–Kier alpha value is -1.01. The number of piperidine rings is 1. The Labute approximate surface area is 151 Å². The summed E-state index contributed by atoms with van der Waals surface area (Å²) in [5.74, 6) is 0. The number of rotatable bonds is 4. The lowest BCUT2D eigenvalue weighted by Crippen LogP contribution is -2.53. The second-order valence-electron chi connectivity index (χ2n) is 7.91. The van der Waals surface area contributed by atoms with Crippen molar-refractivity contribution < 1.29 is 9.47 Å². The third kappa shape index (κ3) is 4.59. The maximum absolute atomic E-state index is 6.18.